The molecule has 0 radical (unpaired) electrons. The Balaban J connectivity index is 2.08. The maximum atomic E-state index is 5.92. The van der Waals surface area contributed by atoms with Gasteiger partial charge >= 0.3 is 0 Å². The monoisotopic (exact) mass is 422 g/mol. The highest BCUT2D eigenvalue weighted by Crippen LogP contribution is 2.37. The Labute approximate surface area is 149 Å². The second-order valence-corrected chi connectivity index (χ2v) is 6.65. The van der Waals surface area contributed by atoms with E-state index in [1.807, 2.05) is 51.1 Å². The number of rotatable bonds is 5. The number of benzene rings is 2. The molecule has 3 aromatic rings. The molecule has 2 aromatic carbocycles. The Morgan fingerprint density at radius 2 is 2.00 bits per heavy atom. The van der Waals surface area contributed by atoms with Crippen molar-refractivity contribution in [3.05, 3.63) is 40.0 Å². The van der Waals surface area contributed by atoms with Crippen LogP contribution in [-0.2, 0) is 0 Å². The zero-order chi connectivity index (χ0) is 16.4. The zero-order valence-corrected chi connectivity index (χ0v) is 15.5. The summed E-state index contributed by atoms with van der Waals surface area (Å²) < 4.78 is 12.7. The first-order valence-corrected chi connectivity index (χ1v) is 8.74. The first-order valence-electron chi connectivity index (χ1n) is 7.66. The summed E-state index contributed by atoms with van der Waals surface area (Å²) >= 11 is 2.28. The molecule has 5 heteroatoms. The third-order valence-corrected chi connectivity index (χ3v) is 4.13. The first kappa shape index (κ1) is 16.1. The van der Waals surface area contributed by atoms with Crippen LogP contribution in [0.5, 0.6) is 11.5 Å². The van der Waals surface area contributed by atoms with E-state index in [1.54, 1.807) is 0 Å². The lowest BCUT2D eigenvalue weighted by molar-refractivity contribution is 0.222. The van der Waals surface area contributed by atoms with E-state index in [4.69, 9.17) is 9.47 Å². The number of halogens is 1. The van der Waals surface area contributed by atoms with Gasteiger partial charge in [-0.25, -0.2) is 4.98 Å². The van der Waals surface area contributed by atoms with Gasteiger partial charge in [-0.3, -0.25) is 0 Å². The molecule has 0 bridgehead atoms. The Hall–Kier alpha value is -1.76. The molecule has 1 heterocycles. The van der Waals surface area contributed by atoms with Crippen LogP contribution in [0, 0.1) is 3.57 Å². The van der Waals surface area contributed by atoms with Crippen LogP contribution in [0.2, 0.25) is 0 Å². The van der Waals surface area contributed by atoms with Crippen molar-refractivity contribution in [2.24, 2.45) is 0 Å². The molecule has 0 atom stereocenters. The van der Waals surface area contributed by atoms with Gasteiger partial charge in [0.25, 0.3) is 0 Å². The minimum absolute atomic E-state index is 0.0970. The summed E-state index contributed by atoms with van der Waals surface area (Å²) in [5.74, 6) is 2.38. The molecular weight excluding hydrogens is 403 g/mol. The van der Waals surface area contributed by atoms with Gasteiger partial charge < -0.3 is 14.5 Å². The lowest BCUT2D eigenvalue weighted by Gasteiger charge is -2.17. The number of hydrogen-bond acceptors (Lipinski definition) is 3. The van der Waals surface area contributed by atoms with Crippen LogP contribution in [0.1, 0.15) is 20.8 Å². The van der Waals surface area contributed by atoms with Gasteiger partial charge in [0.15, 0.2) is 11.5 Å². The smallest absolute Gasteiger partial charge is 0.174 e. The van der Waals surface area contributed by atoms with Crippen LogP contribution in [0.15, 0.2) is 36.4 Å². The predicted molar refractivity (Wildman–Crippen MR) is 101 cm³/mol. The lowest BCUT2D eigenvalue weighted by atomic mass is 10.2. The van der Waals surface area contributed by atoms with Crippen LogP contribution in [0.3, 0.4) is 0 Å². The SMILES string of the molecule is CCOc1cc(-c2nc3ccccc3[nH]2)cc(I)c1OC(C)C. The van der Waals surface area contributed by atoms with Gasteiger partial charge in [-0.2, -0.15) is 0 Å². The molecule has 0 unspecified atom stereocenters. The number of aromatic nitrogens is 2. The highest BCUT2D eigenvalue weighted by atomic mass is 127. The maximum Gasteiger partial charge on any atom is 0.174 e. The van der Waals surface area contributed by atoms with E-state index >= 15 is 0 Å². The number of para-hydroxylation sites is 2. The van der Waals surface area contributed by atoms with Gasteiger partial charge in [0.2, 0.25) is 0 Å². The predicted octanol–water partition coefficient (Wildman–Crippen LogP) is 5.02. The van der Waals surface area contributed by atoms with Gasteiger partial charge in [-0.15, -0.1) is 0 Å². The van der Waals surface area contributed by atoms with Gasteiger partial charge in [0, 0.05) is 5.56 Å². The van der Waals surface area contributed by atoms with E-state index in [2.05, 4.69) is 38.6 Å². The van der Waals surface area contributed by atoms with Crippen molar-refractivity contribution >= 4 is 33.6 Å². The summed E-state index contributed by atoms with van der Waals surface area (Å²) in [6.07, 6.45) is 0.0970. The Morgan fingerprint density at radius 3 is 2.70 bits per heavy atom. The molecule has 0 aliphatic rings. The van der Waals surface area contributed by atoms with E-state index in [9.17, 15) is 0 Å². The van der Waals surface area contributed by atoms with Crippen LogP contribution < -0.4 is 9.47 Å². The molecule has 1 aromatic heterocycles. The first-order chi connectivity index (χ1) is 11.1. The van der Waals surface area contributed by atoms with E-state index in [0.29, 0.717) is 6.61 Å². The second kappa shape index (κ2) is 6.78. The number of nitrogens with zero attached hydrogens (tertiary/aromatic N) is 1. The fourth-order valence-electron chi connectivity index (χ4n) is 2.41. The van der Waals surface area contributed by atoms with E-state index in [0.717, 1.165) is 37.5 Å². The molecule has 0 saturated heterocycles. The Bertz CT molecular complexity index is 794. The molecule has 0 spiro atoms. The van der Waals surface area contributed by atoms with Crippen molar-refractivity contribution in [2.75, 3.05) is 6.61 Å². The highest BCUT2D eigenvalue weighted by molar-refractivity contribution is 14.1. The highest BCUT2D eigenvalue weighted by Gasteiger charge is 2.16. The molecule has 120 valence electrons. The summed E-state index contributed by atoms with van der Waals surface area (Å²) in [5.41, 5.74) is 2.97. The largest absolute Gasteiger partial charge is 0.490 e. The van der Waals surface area contributed by atoms with Crippen molar-refractivity contribution in [1.82, 2.24) is 9.97 Å². The third kappa shape index (κ3) is 3.44. The summed E-state index contributed by atoms with van der Waals surface area (Å²) in [6, 6.07) is 12.1. The summed E-state index contributed by atoms with van der Waals surface area (Å²) in [5, 5.41) is 0. The van der Waals surface area contributed by atoms with Crippen LogP contribution in [0.25, 0.3) is 22.4 Å². The number of hydrogen-bond donors (Lipinski definition) is 1. The van der Waals surface area contributed by atoms with Crippen LogP contribution in [-0.4, -0.2) is 22.7 Å². The molecule has 3 rings (SSSR count). The number of fused-ring (bicyclic) bond motifs is 1. The standard InChI is InChI=1S/C18H19IN2O2/c1-4-22-16-10-12(9-13(19)17(16)23-11(2)3)18-20-14-7-5-6-8-15(14)21-18/h5-11H,4H2,1-3H3,(H,20,21). The quantitative estimate of drug-likeness (QED) is 0.588. The van der Waals surface area contributed by atoms with Gasteiger partial charge in [0.1, 0.15) is 5.82 Å². The number of aromatic amines is 1. The lowest BCUT2D eigenvalue weighted by Crippen LogP contribution is -2.09. The number of nitrogens with one attached hydrogen (secondary N) is 1. The normalized spacial score (nSPS) is 11.2. The number of ether oxygens (including phenoxy) is 2. The minimum atomic E-state index is 0.0970. The topological polar surface area (TPSA) is 47.1 Å². The maximum absolute atomic E-state index is 5.92. The van der Waals surface area contributed by atoms with Crippen molar-refractivity contribution in [3.8, 4) is 22.9 Å². The summed E-state index contributed by atoms with van der Waals surface area (Å²) in [7, 11) is 0. The van der Waals surface area contributed by atoms with Crippen molar-refractivity contribution in [3.63, 3.8) is 0 Å². The molecule has 23 heavy (non-hydrogen) atoms. The molecule has 0 aliphatic heterocycles. The third-order valence-electron chi connectivity index (χ3n) is 3.33. The zero-order valence-electron chi connectivity index (χ0n) is 13.4. The average molecular weight is 422 g/mol. The average Bonchev–Trinajstić information content (AvgIpc) is 2.94. The number of H-pyrrole nitrogens is 1. The molecule has 4 nitrogen and oxygen atoms in total. The van der Waals surface area contributed by atoms with Gasteiger partial charge in [-0.1, -0.05) is 12.1 Å². The van der Waals surface area contributed by atoms with E-state index in [1.165, 1.54) is 0 Å². The van der Waals surface area contributed by atoms with Crippen molar-refractivity contribution < 1.29 is 9.47 Å². The van der Waals surface area contributed by atoms with Crippen molar-refractivity contribution in [2.45, 2.75) is 26.9 Å². The van der Waals surface area contributed by atoms with E-state index < -0.39 is 0 Å². The Kier molecular flexibility index (Phi) is 4.75. The molecule has 0 aliphatic carbocycles. The molecule has 0 fully saturated rings. The second-order valence-electron chi connectivity index (χ2n) is 5.49. The molecule has 1 N–H and O–H groups in total. The fourth-order valence-corrected chi connectivity index (χ4v) is 3.14. The van der Waals surface area contributed by atoms with Gasteiger partial charge in [0.05, 0.1) is 27.3 Å². The molecule has 0 saturated carbocycles. The number of imidazole rings is 1. The van der Waals surface area contributed by atoms with Gasteiger partial charge in [-0.05, 0) is 67.6 Å². The van der Waals surface area contributed by atoms with Crippen molar-refractivity contribution in [1.29, 1.82) is 0 Å². The molecule has 0 amide bonds. The summed E-state index contributed by atoms with van der Waals surface area (Å²) in [4.78, 5) is 8.02. The van der Waals surface area contributed by atoms with E-state index in [-0.39, 0.29) is 6.10 Å². The van der Waals surface area contributed by atoms with Crippen LogP contribution in [0.4, 0.5) is 0 Å². The van der Waals surface area contributed by atoms with Crippen LogP contribution >= 0.6 is 22.6 Å². The summed E-state index contributed by atoms with van der Waals surface area (Å²) in [6.45, 7) is 6.59. The Morgan fingerprint density at radius 1 is 1.22 bits per heavy atom. The fraction of sp³-hybridized carbons (Fsp3) is 0.278. The minimum Gasteiger partial charge on any atom is -0.490 e. The molecular formula is C18H19IN2O2.